The second-order valence-corrected chi connectivity index (χ2v) is 9.02. The Morgan fingerprint density at radius 3 is 2.74 bits per heavy atom. The van der Waals surface area contributed by atoms with E-state index in [2.05, 4.69) is 64.6 Å². The lowest BCUT2D eigenvalue weighted by molar-refractivity contribution is -0.121. The standard InChI is InChI=1S/C25H41N5O/c1-4-20(3)28-24(31)13-15-27-25(26-5-2)30-17-14-23-22(19-30)12-9-16-29(23)18-21-10-7-6-8-11-21/h6-8,10-11,20,22-23H,4-5,9,12-19H2,1-3H3,(H,26,27)(H,28,31). The van der Waals surface area contributed by atoms with Crippen molar-refractivity contribution in [1.82, 2.24) is 20.4 Å². The Bertz CT molecular complexity index is 707. The largest absolute Gasteiger partial charge is 0.357 e. The zero-order chi connectivity index (χ0) is 22.1. The minimum absolute atomic E-state index is 0.0940. The second kappa shape index (κ2) is 12.1. The van der Waals surface area contributed by atoms with Gasteiger partial charge in [-0.3, -0.25) is 14.7 Å². The highest BCUT2D eigenvalue weighted by molar-refractivity contribution is 5.81. The van der Waals surface area contributed by atoms with Gasteiger partial charge in [-0.15, -0.1) is 0 Å². The molecule has 2 fully saturated rings. The molecule has 0 aromatic heterocycles. The van der Waals surface area contributed by atoms with Gasteiger partial charge in [0, 0.05) is 44.7 Å². The molecule has 0 spiro atoms. The maximum atomic E-state index is 12.1. The number of hydrogen-bond donors (Lipinski definition) is 2. The summed E-state index contributed by atoms with van der Waals surface area (Å²) in [4.78, 5) is 22.0. The molecule has 3 atom stereocenters. The Hall–Kier alpha value is -2.08. The summed E-state index contributed by atoms with van der Waals surface area (Å²) in [6.07, 6.45) is 5.14. The van der Waals surface area contributed by atoms with Gasteiger partial charge in [0.15, 0.2) is 5.96 Å². The van der Waals surface area contributed by atoms with Crippen LogP contribution in [-0.4, -0.2) is 66.5 Å². The first kappa shape index (κ1) is 23.6. The molecule has 2 heterocycles. The van der Waals surface area contributed by atoms with Crippen LogP contribution >= 0.6 is 0 Å². The molecule has 1 amide bonds. The van der Waals surface area contributed by atoms with E-state index >= 15 is 0 Å². The average Bonchev–Trinajstić information content (AvgIpc) is 2.79. The van der Waals surface area contributed by atoms with Crippen LogP contribution in [0.25, 0.3) is 0 Å². The Kier molecular flexibility index (Phi) is 9.19. The number of nitrogens with one attached hydrogen (secondary N) is 2. The fraction of sp³-hybridized carbons (Fsp3) is 0.680. The fourth-order valence-electron chi connectivity index (χ4n) is 4.85. The van der Waals surface area contributed by atoms with Crippen LogP contribution in [0.1, 0.15) is 58.4 Å². The van der Waals surface area contributed by atoms with Crippen LogP contribution in [0.2, 0.25) is 0 Å². The summed E-state index contributed by atoms with van der Waals surface area (Å²) in [5.74, 6) is 1.75. The van der Waals surface area contributed by atoms with E-state index in [-0.39, 0.29) is 11.9 Å². The Balaban J connectivity index is 1.56. The van der Waals surface area contributed by atoms with Crippen molar-refractivity contribution in [2.75, 3.05) is 32.7 Å². The summed E-state index contributed by atoms with van der Waals surface area (Å²) in [6.45, 7) is 12.0. The summed E-state index contributed by atoms with van der Waals surface area (Å²) >= 11 is 0. The fourth-order valence-corrected chi connectivity index (χ4v) is 4.85. The first-order valence-electron chi connectivity index (χ1n) is 12.2. The molecular weight excluding hydrogens is 386 g/mol. The third-order valence-electron chi connectivity index (χ3n) is 6.67. The SMILES string of the molecule is CCNC(=NCCC(=O)NC(C)CC)N1CCC2C(CCCN2Cc2ccccc2)C1. The molecule has 31 heavy (non-hydrogen) atoms. The first-order valence-corrected chi connectivity index (χ1v) is 12.2. The number of likely N-dealkylation sites (tertiary alicyclic amines) is 2. The zero-order valence-corrected chi connectivity index (χ0v) is 19.6. The van der Waals surface area contributed by atoms with Crippen molar-refractivity contribution < 1.29 is 4.79 Å². The van der Waals surface area contributed by atoms with E-state index in [1.54, 1.807) is 0 Å². The van der Waals surface area contributed by atoms with E-state index in [1.807, 2.05) is 6.92 Å². The number of piperidine rings is 2. The topological polar surface area (TPSA) is 60.0 Å². The molecule has 3 unspecified atom stereocenters. The Morgan fingerprint density at radius 1 is 1.19 bits per heavy atom. The predicted octanol–water partition coefficient (Wildman–Crippen LogP) is 3.24. The summed E-state index contributed by atoms with van der Waals surface area (Å²) in [6, 6.07) is 11.8. The molecule has 2 aliphatic heterocycles. The van der Waals surface area contributed by atoms with Crippen LogP contribution in [0.4, 0.5) is 0 Å². The van der Waals surface area contributed by atoms with Gasteiger partial charge in [0.2, 0.25) is 5.91 Å². The van der Waals surface area contributed by atoms with Gasteiger partial charge in [-0.05, 0) is 57.6 Å². The number of carbonyl (C=O) groups excluding carboxylic acids is 1. The Labute approximate surface area is 188 Å². The number of fused-ring (bicyclic) bond motifs is 1. The molecule has 0 bridgehead atoms. The van der Waals surface area contributed by atoms with Gasteiger partial charge in [0.25, 0.3) is 0 Å². The quantitative estimate of drug-likeness (QED) is 0.494. The first-order chi connectivity index (χ1) is 15.1. The number of guanidine groups is 1. The molecule has 172 valence electrons. The third kappa shape index (κ3) is 6.96. The van der Waals surface area contributed by atoms with Crippen molar-refractivity contribution in [3.8, 4) is 0 Å². The number of benzene rings is 1. The zero-order valence-electron chi connectivity index (χ0n) is 19.6. The summed E-state index contributed by atoms with van der Waals surface area (Å²) in [5, 5.41) is 6.48. The van der Waals surface area contributed by atoms with Crippen LogP contribution < -0.4 is 10.6 Å². The number of amides is 1. The molecule has 3 rings (SSSR count). The van der Waals surface area contributed by atoms with Crippen LogP contribution in [0, 0.1) is 5.92 Å². The Morgan fingerprint density at radius 2 is 2.00 bits per heavy atom. The molecule has 2 N–H and O–H groups in total. The smallest absolute Gasteiger partial charge is 0.222 e. The van der Waals surface area contributed by atoms with Crippen molar-refractivity contribution in [2.45, 2.75) is 71.5 Å². The number of hydrogen-bond acceptors (Lipinski definition) is 3. The molecule has 6 nitrogen and oxygen atoms in total. The highest BCUT2D eigenvalue weighted by atomic mass is 16.1. The molecule has 6 heteroatoms. The molecule has 0 radical (unpaired) electrons. The lowest BCUT2D eigenvalue weighted by Crippen LogP contribution is -2.56. The normalized spacial score (nSPS) is 23.2. The summed E-state index contributed by atoms with van der Waals surface area (Å²) in [7, 11) is 0. The molecule has 0 aliphatic carbocycles. The van der Waals surface area contributed by atoms with Crippen LogP contribution in [0.15, 0.2) is 35.3 Å². The molecule has 1 aromatic rings. The predicted molar refractivity (Wildman–Crippen MR) is 128 cm³/mol. The van der Waals surface area contributed by atoms with Gasteiger partial charge in [-0.1, -0.05) is 37.3 Å². The maximum absolute atomic E-state index is 12.1. The highest BCUT2D eigenvalue weighted by Crippen LogP contribution is 2.31. The number of nitrogens with zero attached hydrogens (tertiary/aromatic N) is 3. The van der Waals surface area contributed by atoms with Crippen LogP contribution in [0.3, 0.4) is 0 Å². The lowest BCUT2D eigenvalue weighted by atomic mass is 9.83. The lowest BCUT2D eigenvalue weighted by Gasteiger charge is -2.48. The average molecular weight is 428 g/mol. The van der Waals surface area contributed by atoms with Gasteiger partial charge >= 0.3 is 0 Å². The van der Waals surface area contributed by atoms with E-state index in [0.29, 0.717) is 24.9 Å². The van der Waals surface area contributed by atoms with Crippen molar-refractivity contribution in [3.05, 3.63) is 35.9 Å². The number of rotatable bonds is 8. The van der Waals surface area contributed by atoms with E-state index in [4.69, 9.17) is 4.99 Å². The molecule has 1 aromatic carbocycles. The van der Waals surface area contributed by atoms with Gasteiger partial charge in [-0.25, -0.2) is 0 Å². The summed E-state index contributed by atoms with van der Waals surface area (Å²) in [5.41, 5.74) is 1.41. The maximum Gasteiger partial charge on any atom is 0.222 e. The highest BCUT2D eigenvalue weighted by Gasteiger charge is 2.36. The second-order valence-electron chi connectivity index (χ2n) is 9.02. The summed E-state index contributed by atoms with van der Waals surface area (Å²) < 4.78 is 0. The van der Waals surface area contributed by atoms with E-state index < -0.39 is 0 Å². The van der Waals surface area contributed by atoms with Gasteiger partial charge < -0.3 is 15.5 Å². The minimum atomic E-state index is 0.0940. The van der Waals surface area contributed by atoms with Crippen molar-refractivity contribution in [3.63, 3.8) is 0 Å². The van der Waals surface area contributed by atoms with Crippen molar-refractivity contribution >= 4 is 11.9 Å². The molecule has 0 saturated carbocycles. The monoisotopic (exact) mass is 427 g/mol. The molecule has 2 aliphatic rings. The van der Waals surface area contributed by atoms with E-state index in [9.17, 15) is 4.79 Å². The van der Waals surface area contributed by atoms with Crippen molar-refractivity contribution in [2.24, 2.45) is 10.9 Å². The van der Waals surface area contributed by atoms with Gasteiger partial charge in [-0.2, -0.15) is 0 Å². The van der Waals surface area contributed by atoms with E-state index in [0.717, 1.165) is 38.6 Å². The third-order valence-corrected chi connectivity index (χ3v) is 6.67. The number of aliphatic imine (C=N–C) groups is 1. The minimum Gasteiger partial charge on any atom is -0.357 e. The van der Waals surface area contributed by atoms with Gasteiger partial charge in [0.1, 0.15) is 0 Å². The number of carbonyl (C=O) groups is 1. The van der Waals surface area contributed by atoms with E-state index in [1.165, 1.54) is 31.4 Å². The van der Waals surface area contributed by atoms with Crippen molar-refractivity contribution in [1.29, 1.82) is 0 Å². The van der Waals surface area contributed by atoms with Crippen LogP contribution in [-0.2, 0) is 11.3 Å². The van der Waals surface area contributed by atoms with Crippen LogP contribution in [0.5, 0.6) is 0 Å². The molecule has 2 saturated heterocycles. The molecular formula is C25H41N5O. The van der Waals surface area contributed by atoms with Gasteiger partial charge in [0.05, 0.1) is 6.54 Å².